The number of nitrogens with one attached hydrogen (secondary N) is 3. The number of oxime groups is 1. The summed E-state index contributed by atoms with van der Waals surface area (Å²) in [5, 5.41) is 11.3. The minimum Gasteiger partial charge on any atom is -0.497 e. The molecule has 4 amide bonds. The largest absolute Gasteiger partial charge is 0.497 e. The molecule has 2 fully saturated rings. The molecule has 2 unspecified atom stereocenters. The van der Waals surface area contributed by atoms with Crippen molar-refractivity contribution in [3.63, 3.8) is 0 Å². The lowest BCUT2D eigenvalue weighted by Crippen LogP contribution is -2.71. The summed E-state index contributed by atoms with van der Waals surface area (Å²) in [5.41, 5.74) is -0.762. The molecule has 3 aliphatic rings. The number of carbonyl (C=O) groups is 6. The number of hydrogen-bond acceptors (Lipinski definition) is 16. The molecule has 5 aromatic rings. The highest BCUT2D eigenvalue weighted by Crippen LogP contribution is 2.44. The molecule has 0 spiro atoms. The Morgan fingerprint density at radius 1 is 0.853 bits per heavy atom. The predicted molar refractivity (Wildman–Crippen MR) is 279 cm³/mol. The van der Waals surface area contributed by atoms with Crippen molar-refractivity contribution in [2.45, 2.75) is 102 Å². The van der Waals surface area contributed by atoms with Gasteiger partial charge in [0, 0.05) is 36.3 Å². The number of fused-ring (bicyclic) bond motifs is 1. The summed E-state index contributed by atoms with van der Waals surface area (Å²) in [7, 11) is 1.54. The smallest absolute Gasteiger partial charge is 0.413 e. The van der Waals surface area contributed by atoms with Crippen molar-refractivity contribution >= 4 is 87.2 Å². The molecule has 1 aliphatic carbocycles. The van der Waals surface area contributed by atoms with E-state index in [1.54, 1.807) is 102 Å². The monoisotopic (exact) mass is 1080 g/mol. The molecular weight excluding hydrogens is 1030 g/mol. The molecule has 3 aromatic carbocycles. The molecule has 0 bridgehead atoms. The zero-order valence-electron chi connectivity index (χ0n) is 42.0. The number of nitrogens with zero attached hydrogens (tertiary/aromatic N) is 4. The number of carbonyl (C=O) groups excluding carboxylic acids is 6. The predicted octanol–water partition coefficient (Wildman–Crippen LogP) is 8.47. The molecule has 1 saturated heterocycles. The van der Waals surface area contributed by atoms with Crippen molar-refractivity contribution in [1.82, 2.24) is 15.2 Å². The van der Waals surface area contributed by atoms with Gasteiger partial charge in [-0.15, -0.1) is 11.8 Å². The van der Waals surface area contributed by atoms with Crippen molar-refractivity contribution in [2.24, 2.45) is 5.16 Å². The molecule has 2 aromatic heterocycles. The van der Waals surface area contributed by atoms with Crippen LogP contribution in [0.4, 0.5) is 20.4 Å². The second kappa shape index (κ2) is 22.5. The Hall–Kier alpha value is -7.49. The van der Waals surface area contributed by atoms with E-state index in [2.05, 4.69) is 26.1 Å². The first-order valence-corrected chi connectivity index (χ1v) is 25.9. The summed E-state index contributed by atoms with van der Waals surface area (Å²) in [4.78, 5) is 94.2. The zero-order chi connectivity index (χ0) is 53.7. The van der Waals surface area contributed by atoms with Gasteiger partial charge in [-0.2, -0.15) is 0 Å². The number of ether oxygens (including phenoxy) is 5. The quantitative estimate of drug-likeness (QED) is 0.0198. The van der Waals surface area contributed by atoms with Crippen LogP contribution in [-0.2, 0) is 56.1 Å². The number of anilines is 2. The second-order valence-corrected chi connectivity index (χ2v) is 22.2. The number of amides is 4. The number of thioether (sulfide) groups is 1. The van der Waals surface area contributed by atoms with Crippen LogP contribution in [0.15, 0.2) is 126 Å². The fraction of sp³-hybridized carbons (Fsp3) is 0.340. The van der Waals surface area contributed by atoms with Gasteiger partial charge in [0.1, 0.15) is 50.7 Å². The van der Waals surface area contributed by atoms with E-state index in [9.17, 15) is 28.8 Å². The van der Waals surface area contributed by atoms with Crippen LogP contribution in [0.3, 0.4) is 0 Å². The van der Waals surface area contributed by atoms with Crippen molar-refractivity contribution in [1.29, 1.82) is 0 Å². The van der Waals surface area contributed by atoms with E-state index in [-0.39, 0.29) is 52.6 Å². The maximum absolute atomic E-state index is 14.6. The maximum atomic E-state index is 14.6. The first-order valence-electron chi connectivity index (χ1n) is 23.7. The van der Waals surface area contributed by atoms with Gasteiger partial charge >= 0.3 is 24.1 Å². The Bertz CT molecular complexity index is 2970. The number of benzene rings is 3. The number of rotatable bonds is 17. The molecule has 2 aliphatic heterocycles. The average molecular weight is 1080 g/mol. The third-order valence-corrected chi connectivity index (χ3v) is 13.9. The van der Waals surface area contributed by atoms with E-state index < -0.39 is 76.0 Å². The molecule has 0 radical (unpaired) electrons. The molecule has 2 atom stereocenters. The Kier molecular flexibility index (Phi) is 16.2. The Morgan fingerprint density at radius 2 is 1.45 bits per heavy atom. The third-order valence-electron chi connectivity index (χ3n) is 11.4. The summed E-state index contributed by atoms with van der Waals surface area (Å²) in [6.07, 6.45) is 1.54. The number of esters is 2. The number of thiazole rings is 1. The van der Waals surface area contributed by atoms with Crippen LogP contribution in [0.25, 0.3) is 0 Å². The fourth-order valence-electron chi connectivity index (χ4n) is 7.69. The van der Waals surface area contributed by atoms with Gasteiger partial charge in [0.25, 0.3) is 11.8 Å². The summed E-state index contributed by atoms with van der Waals surface area (Å²) >= 11 is 8.83. The third kappa shape index (κ3) is 13.4. The highest BCUT2D eigenvalue weighted by atomic mass is 35.5. The van der Waals surface area contributed by atoms with Crippen molar-refractivity contribution in [2.75, 3.05) is 23.5 Å². The van der Waals surface area contributed by atoms with E-state index in [1.807, 2.05) is 60.7 Å². The number of hydrogen-bond donors (Lipinski definition) is 3. The number of aromatic nitrogens is 2. The zero-order valence-corrected chi connectivity index (χ0v) is 44.4. The number of halogens is 1. The minimum absolute atomic E-state index is 0.00217. The Labute approximate surface area is 445 Å². The van der Waals surface area contributed by atoms with E-state index in [1.165, 1.54) is 16.7 Å². The molecule has 1 saturated carbocycles. The summed E-state index contributed by atoms with van der Waals surface area (Å²) in [6, 6.07) is 27.5. The standard InChI is InChI=1S/C53H54ClN7O12S2/c1-51(2,3)71-49(66)55-35-22-26-60(27-23-35)28-34-30-74-45-39(44(63)61(45)40(34)46(64)69-29-31-18-20-36(68-7)21-19-31)56-43(62)38(37-42(54)75-48(57-37)58-50(67)72-52(4,5)6)59-73-53(24-25-53)47(65)70-41(32-14-10-8-11-15-32)33-16-12-9-13-17-33/h8-23,26-27,39,41,45H,24-25,28-30H2,1-7H3,(H2,56,57,58,62,67)/p+1/b59-38-. The molecule has 8 rings (SSSR count). The van der Waals surface area contributed by atoms with Gasteiger partial charge in [-0.25, -0.2) is 28.7 Å². The second-order valence-electron chi connectivity index (χ2n) is 19.5. The fourth-order valence-corrected chi connectivity index (χ4v) is 10.1. The maximum Gasteiger partial charge on any atom is 0.413 e. The van der Waals surface area contributed by atoms with Crippen molar-refractivity contribution in [3.05, 3.63) is 147 Å². The van der Waals surface area contributed by atoms with E-state index in [0.717, 1.165) is 11.3 Å². The van der Waals surface area contributed by atoms with E-state index in [0.29, 0.717) is 33.7 Å². The lowest BCUT2D eigenvalue weighted by atomic mass is 10.0. The van der Waals surface area contributed by atoms with Gasteiger partial charge in [0.05, 0.1) is 12.8 Å². The summed E-state index contributed by atoms with van der Waals surface area (Å²) in [6.45, 7) is 10.4. The Morgan fingerprint density at radius 3 is 2.03 bits per heavy atom. The first kappa shape index (κ1) is 53.8. The van der Waals surface area contributed by atoms with Crippen LogP contribution >= 0.6 is 34.7 Å². The molecule has 75 heavy (non-hydrogen) atoms. The highest BCUT2D eigenvalue weighted by molar-refractivity contribution is 8.00. The first-order chi connectivity index (χ1) is 35.7. The van der Waals surface area contributed by atoms with Crippen molar-refractivity contribution in [3.8, 4) is 5.75 Å². The molecular formula is C53H55ClN7O12S2+. The van der Waals surface area contributed by atoms with Crippen LogP contribution < -0.4 is 25.3 Å². The van der Waals surface area contributed by atoms with E-state index >= 15 is 0 Å². The topological polar surface area (TPSA) is 226 Å². The lowest BCUT2D eigenvalue weighted by Gasteiger charge is -2.49. The molecule has 392 valence electrons. The van der Waals surface area contributed by atoms with Gasteiger partial charge in [0.15, 0.2) is 35.9 Å². The molecule has 3 N–H and O–H groups in total. The Balaban J connectivity index is 1.05. The van der Waals surface area contributed by atoms with Crippen LogP contribution in [0.2, 0.25) is 4.34 Å². The van der Waals surface area contributed by atoms with Crippen molar-refractivity contribution < 1.29 is 61.9 Å². The molecule has 4 heterocycles. The number of β-lactam (4-membered cyclic amide) rings is 1. The van der Waals surface area contributed by atoms with Gasteiger partial charge in [-0.1, -0.05) is 101 Å². The van der Waals surface area contributed by atoms with Crippen LogP contribution in [0.1, 0.15) is 82.9 Å². The van der Waals surface area contributed by atoms with E-state index in [4.69, 9.17) is 40.1 Å². The molecule has 22 heteroatoms. The van der Waals surface area contributed by atoms with Gasteiger partial charge < -0.3 is 33.8 Å². The van der Waals surface area contributed by atoms with Gasteiger partial charge in [-0.3, -0.25) is 25.1 Å². The number of pyridine rings is 1. The normalized spacial score (nSPS) is 16.9. The van der Waals surface area contributed by atoms with Crippen LogP contribution in [-0.4, -0.2) is 92.6 Å². The number of methoxy groups -OCH3 is 1. The lowest BCUT2D eigenvalue weighted by molar-refractivity contribution is -0.688. The SMILES string of the molecule is COc1ccc(COC(=O)C2=C(C[n+]3ccc(NC(=O)OC(C)(C)C)cc3)CSC3C(NC(=O)/C(=N\OC4(C(=O)OC(c5ccccc5)c5ccccc5)CC4)c4nc(NC(=O)OC(C)(C)C)sc4Cl)C(=O)N23)cc1. The van der Waals surface area contributed by atoms with Gasteiger partial charge in [0.2, 0.25) is 5.60 Å². The minimum atomic E-state index is -1.59. The summed E-state index contributed by atoms with van der Waals surface area (Å²) in [5.74, 6) is -2.25. The van der Waals surface area contributed by atoms with Crippen LogP contribution in [0, 0.1) is 0 Å². The highest BCUT2D eigenvalue weighted by Gasteiger charge is 2.58. The average Bonchev–Trinajstić information content (AvgIpc) is 4.10. The molecule has 19 nitrogen and oxygen atoms in total. The van der Waals surface area contributed by atoms with Crippen LogP contribution in [0.5, 0.6) is 5.75 Å². The van der Waals surface area contributed by atoms with Gasteiger partial charge in [-0.05, 0) is 70.4 Å². The summed E-state index contributed by atoms with van der Waals surface area (Å²) < 4.78 is 29.6.